The van der Waals surface area contributed by atoms with Crippen LogP contribution >= 0.6 is 0 Å². The highest BCUT2D eigenvalue weighted by Gasteiger charge is 2.29. The van der Waals surface area contributed by atoms with Gasteiger partial charge in [-0.3, -0.25) is 4.90 Å². The second-order valence-corrected chi connectivity index (χ2v) is 5.81. The molecule has 19 heavy (non-hydrogen) atoms. The third-order valence-electron chi connectivity index (χ3n) is 4.36. The highest BCUT2D eigenvalue weighted by atomic mass is 16.5. The monoisotopic (exact) mass is 262 g/mol. The molecule has 1 fully saturated rings. The summed E-state index contributed by atoms with van der Waals surface area (Å²) in [6.45, 7) is 7.65. The summed E-state index contributed by atoms with van der Waals surface area (Å²) in [7, 11) is 1.70. The van der Waals surface area contributed by atoms with Crippen molar-refractivity contribution in [3.8, 4) is 5.75 Å². The summed E-state index contributed by atoms with van der Waals surface area (Å²) in [5.74, 6) is 2.48. The van der Waals surface area contributed by atoms with Crippen LogP contribution < -0.4 is 10.5 Å². The normalized spacial score (nSPS) is 21.8. The Balaban J connectivity index is 2.07. The number of nitrogens with zero attached hydrogens (tertiary/aromatic N) is 1. The molecule has 1 aliphatic heterocycles. The smallest absolute Gasteiger partial charge is 0.118 e. The number of nitrogens with two attached hydrogens (primary N) is 1. The Morgan fingerprint density at radius 2 is 2.00 bits per heavy atom. The van der Waals surface area contributed by atoms with Gasteiger partial charge in [-0.25, -0.2) is 0 Å². The largest absolute Gasteiger partial charge is 0.497 e. The molecule has 3 nitrogen and oxygen atoms in total. The molecular formula is C16H26N2O. The molecule has 0 spiro atoms. The van der Waals surface area contributed by atoms with Crippen molar-refractivity contribution in [2.45, 2.75) is 26.3 Å². The van der Waals surface area contributed by atoms with E-state index in [1.54, 1.807) is 7.11 Å². The molecule has 0 aromatic heterocycles. The fourth-order valence-electron chi connectivity index (χ4n) is 2.96. The van der Waals surface area contributed by atoms with Gasteiger partial charge in [0, 0.05) is 19.1 Å². The molecule has 0 bridgehead atoms. The average Bonchev–Trinajstić information content (AvgIpc) is 2.90. The molecule has 0 saturated carbocycles. The van der Waals surface area contributed by atoms with E-state index in [0.717, 1.165) is 24.1 Å². The van der Waals surface area contributed by atoms with Crippen LogP contribution in [0.4, 0.5) is 0 Å². The zero-order valence-electron chi connectivity index (χ0n) is 12.3. The number of hydrogen-bond acceptors (Lipinski definition) is 3. The summed E-state index contributed by atoms with van der Waals surface area (Å²) in [6.07, 6.45) is 1.30. The van der Waals surface area contributed by atoms with Gasteiger partial charge in [0.05, 0.1) is 7.11 Å². The first-order chi connectivity index (χ1) is 9.15. The van der Waals surface area contributed by atoms with E-state index < -0.39 is 0 Å². The van der Waals surface area contributed by atoms with Gasteiger partial charge < -0.3 is 10.5 Å². The van der Waals surface area contributed by atoms with E-state index in [1.807, 2.05) is 12.1 Å². The number of likely N-dealkylation sites (tertiary alicyclic amines) is 1. The minimum absolute atomic E-state index is 0.342. The van der Waals surface area contributed by atoms with Crippen molar-refractivity contribution >= 4 is 0 Å². The Hall–Kier alpha value is -1.06. The van der Waals surface area contributed by atoms with Crippen LogP contribution in [-0.2, 0) is 0 Å². The van der Waals surface area contributed by atoms with Gasteiger partial charge in [-0.05, 0) is 42.5 Å². The summed E-state index contributed by atoms with van der Waals surface area (Å²) in [5, 5.41) is 0. The van der Waals surface area contributed by atoms with E-state index in [1.165, 1.54) is 18.5 Å². The lowest BCUT2D eigenvalue weighted by Gasteiger charge is -2.27. The second kappa shape index (κ2) is 6.40. The molecule has 0 radical (unpaired) electrons. The first kappa shape index (κ1) is 14.4. The van der Waals surface area contributed by atoms with Gasteiger partial charge in [0.15, 0.2) is 0 Å². The number of benzene rings is 1. The lowest BCUT2D eigenvalue weighted by molar-refractivity contribution is 0.232. The Kier molecular flexibility index (Phi) is 4.83. The molecule has 3 heteroatoms. The van der Waals surface area contributed by atoms with Crippen molar-refractivity contribution in [3.05, 3.63) is 29.8 Å². The van der Waals surface area contributed by atoms with Gasteiger partial charge in [0.2, 0.25) is 0 Å². The average molecular weight is 262 g/mol. The second-order valence-electron chi connectivity index (χ2n) is 5.81. The van der Waals surface area contributed by atoms with Crippen LogP contribution in [-0.4, -0.2) is 31.6 Å². The van der Waals surface area contributed by atoms with Gasteiger partial charge in [-0.2, -0.15) is 0 Å². The maximum atomic E-state index is 6.00. The minimum atomic E-state index is 0.342. The summed E-state index contributed by atoms with van der Waals surface area (Å²) in [5.41, 5.74) is 7.30. The number of methoxy groups -OCH3 is 1. The highest BCUT2D eigenvalue weighted by Crippen LogP contribution is 2.31. The summed E-state index contributed by atoms with van der Waals surface area (Å²) >= 11 is 0. The van der Waals surface area contributed by atoms with Crippen LogP contribution in [0.25, 0.3) is 0 Å². The van der Waals surface area contributed by atoms with E-state index in [0.29, 0.717) is 12.6 Å². The van der Waals surface area contributed by atoms with Gasteiger partial charge in [0.1, 0.15) is 5.75 Å². The molecule has 2 rings (SSSR count). The maximum Gasteiger partial charge on any atom is 0.118 e. The SMILES string of the molecule is COc1ccc(C(CN)N2CCC(C(C)C)C2)cc1. The van der Waals surface area contributed by atoms with Crippen LogP contribution in [0, 0.1) is 11.8 Å². The van der Waals surface area contributed by atoms with Crippen molar-refractivity contribution in [3.63, 3.8) is 0 Å². The third kappa shape index (κ3) is 3.28. The molecule has 106 valence electrons. The first-order valence-corrected chi connectivity index (χ1v) is 7.23. The van der Waals surface area contributed by atoms with Crippen molar-refractivity contribution in [2.24, 2.45) is 17.6 Å². The van der Waals surface area contributed by atoms with E-state index in [2.05, 4.69) is 30.9 Å². The highest BCUT2D eigenvalue weighted by molar-refractivity contribution is 5.29. The fraction of sp³-hybridized carbons (Fsp3) is 0.625. The molecular weight excluding hydrogens is 236 g/mol. The van der Waals surface area contributed by atoms with Crippen LogP contribution in [0.1, 0.15) is 31.9 Å². The molecule has 1 aromatic carbocycles. The quantitative estimate of drug-likeness (QED) is 0.886. The van der Waals surface area contributed by atoms with Crippen molar-refractivity contribution < 1.29 is 4.74 Å². The van der Waals surface area contributed by atoms with Gasteiger partial charge >= 0.3 is 0 Å². The zero-order chi connectivity index (χ0) is 13.8. The lowest BCUT2D eigenvalue weighted by atomic mass is 9.95. The van der Waals surface area contributed by atoms with Gasteiger partial charge in [-0.1, -0.05) is 26.0 Å². The Bertz CT molecular complexity index is 388. The fourth-order valence-corrected chi connectivity index (χ4v) is 2.96. The van der Waals surface area contributed by atoms with Crippen LogP contribution in [0.5, 0.6) is 5.75 Å². The van der Waals surface area contributed by atoms with Crippen molar-refractivity contribution in [2.75, 3.05) is 26.7 Å². The minimum Gasteiger partial charge on any atom is -0.497 e. The Labute approximate surface area is 116 Å². The van der Waals surface area contributed by atoms with Gasteiger partial charge in [-0.15, -0.1) is 0 Å². The topological polar surface area (TPSA) is 38.5 Å². The number of ether oxygens (including phenoxy) is 1. The Morgan fingerprint density at radius 1 is 1.32 bits per heavy atom. The predicted octanol–water partition coefficient (Wildman–Crippen LogP) is 2.67. The maximum absolute atomic E-state index is 6.00. The number of hydrogen-bond donors (Lipinski definition) is 1. The van der Waals surface area contributed by atoms with E-state index in [9.17, 15) is 0 Å². The van der Waals surface area contributed by atoms with Crippen LogP contribution in [0.3, 0.4) is 0 Å². The Morgan fingerprint density at radius 3 is 2.47 bits per heavy atom. The van der Waals surface area contributed by atoms with Crippen molar-refractivity contribution in [1.29, 1.82) is 0 Å². The molecule has 0 amide bonds. The molecule has 1 heterocycles. The molecule has 2 atom stereocenters. The molecule has 2 unspecified atom stereocenters. The molecule has 1 aromatic rings. The van der Waals surface area contributed by atoms with E-state index in [4.69, 9.17) is 10.5 Å². The summed E-state index contributed by atoms with van der Waals surface area (Å²) in [6, 6.07) is 8.66. The molecule has 0 aliphatic carbocycles. The number of rotatable bonds is 5. The van der Waals surface area contributed by atoms with Gasteiger partial charge in [0.25, 0.3) is 0 Å². The molecule has 1 saturated heterocycles. The summed E-state index contributed by atoms with van der Waals surface area (Å²) < 4.78 is 5.21. The van der Waals surface area contributed by atoms with E-state index in [-0.39, 0.29) is 0 Å². The first-order valence-electron chi connectivity index (χ1n) is 7.23. The van der Waals surface area contributed by atoms with Crippen LogP contribution in [0.15, 0.2) is 24.3 Å². The van der Waals surface area contributed by atoms with Crippen LogP contribution in [0.2, 0.25) is 0 Å². The lowest BCUT2D eigenvalue weighted by Crippen LogP contribution is -2.32. The zero-order valence-corrected chi connectivity index (χ0v) is 12.3. The molecule has 2 N–H and O–H groups in total. The third-order valence-corrected chi connectivity index (χ3v) is 4.36. The van der Waals surface area contributed by atoms with E-state index >= 15 is 0 Å². The molecule has 1 aliphatic rings. The predicted molar refractivity (Wildman–Crippen MR) is 79.3 cm³/mol. The summed E-state index contributed by atoms with van der Waals surface area (Å²) in [4.78, 5) is 2.53. The standard InChI is InChI=1S/C16H26N2O/c1-12(2)14-8-9-18(11-14)16(10-17)13-4-6-15(19-3)7-5-13/h4-7,12,14,16H,8-11,17H2,1-3H3. The van der Waals surface area contributed by atoms with Crippen molar-refractivity contribution in [1.82, 2.24) is 4.90 Å².